The second-order valence-electron chi connectivity index (χ2n) is 5.03. The van der Waals surface area contributed by atoms with Gasteiger partial charge in [-0.05, 0) is 31.9 Å². The fraction of sp³-hybridized carbons (Fsp3) is 1.00. The van der Waals surface area contributed by atoms with Gasteiger partial charge in [0, 0.05) is 6.04 Å². The Morgan fingerprint density at radius 2 is 1.47 bits per heavy atom. The first kappa shape index (κ1) is 17.3. The van der Waals surface area contributed by atoms with E-state index in [9.17, 15) is 0 Å². The summed E-state index contributed by atoms with van der Waals surface area (Å²) in [5, 5.41) is 3.44. The number of unbranched alkanes of at least 4 members (excludes halogenated alkanes) is 7. The van der Waals surface area contributed by atoms with Gasteiger partial charge in [-0.2, -0.15) is 11.8 Å². The molecule has 0 spiro atoms. The van der Waals surface area contributed by atoms with Crippen LogP contribution in [0.5, 0.6) is 0 Å². The molecule has 1 unspecified atom stereocenters. The van der Waals surface area contributed by atoms with Crippen molar-refractivity contribution in [2.45, 2.75) is 77.2 Å². The van der Waals surface area contributed by atoms with Crippen molar-refractivity contribution in [2.75, 3.05) is 19.1 Å². The molecule has 0 aliphatic carbocycles. The van der Waals surface area contributed by atoms with Crippen molar-refractivity contribution < 1.29 is 0 Å². The van der Waals surface area contributed by atoms with E-state index in [1.807, 2.05) is 11.8 Å². The molecule has 0 fully saturated rings. The molecule has 1 nitrogen and oxygen atoms in total. The summed E-state index contributed by atoms with van der Waals surface area (Å²) in [6.07, 6.45) is 16.3. The topological polar surface area (TPSA) is 12.0 Å². The molecular formula is C15H33NS. The van der Waals surface area contributed by atoms with Crippen molar-refractivity contribution in [1.29, 1.82) is 0 Å². The van der Waals surface area contributed by atoms with Gasteiger partial charge in [-0.25, -0.2) is 0 Å². The Morgan fingerprint density at radius 3 is 2.00 bits per heavy atom. The molecule has 0 aromatic carbocycles. The SMILES string of the molecule is CCCCCCCCCCC(CCSC)NC. The molecule has 104 valence electrons. The average molecular weight is 260 g/mol. The molecule has 0 aromatic heterocycles. The third-order valence-electron chi connectivity index (χ3n) is 3.48. The standard InChI is InChI=1S/C15H33NS/c1-4-5-6-7-8-9-10-11-12-15(16-2)13-14-17-3/h15-16H,4-14H2,1-3H3. The first-order chi connectivity index (χ1) is 8.35. The zero-order valence-corrected chi connectivity index (χ0v) is 13.1. The highest BCUT2D eigenvalue weighted by molar-refractivity contribution is 7.98. The van der Waals surface area contributed by atoms with Crippen LogP contribution in [0.3, 0.4) is 0 Å². The molecule has 0 heterocycles. The molecule has 1 N–H and O–H groups in total. The molecule has 17 heavy (non-hydrogen) atoms. The van der Waals surface area contributed by atoms with E-state index in [1.54, 1.807) is 0 Å². The monoisotopic (exact) mass is 259 g/mol. The van der Waals surface area contributed by atoms with E-state index in [0.717, 1.165) is 6.04 Å². The average Bonchev–Trinajstić information content (AvgIpc) is 2.36. The van der Waals surface area contributed by atoms with Crippen LogP contribution in [-0.4, -0.2) is 25.1 Å². The molecule has 0 aliphatic rings. The minimum atomic E-state index is 0.752. The molecule has 0 saturated carbocycles. The van der Waals surface area contributed by atoms with Crippen LogP contribution < -0.4 is 5.32 Å². The third kappa shape index (κ3) is 12.6. The summed E-state index contributed by atoms with van der Waals surface area (Å²) < 4.78 is 0. The van der Waals surface area contributed by atoms with E-state index in [4.69, 9.17) is 0 Å². The Bertz CT molecular complexity index is 139. The first-order valence-corrected chi connectivity index (χ1v) is 8.90. The van der Waals surface area contributed by atoms with Crippen LogP contribution in [0, 0.1) is 0 Å². The highest BCUT2D eigenvalue weighted by Gasteiger charge is 2.04. The van der Waals surface area contributed by atoms with Crippen LogP contribution in [0.25, 0.3) is 0 Å². The van der Waals surface area contributed by atoms with E-state index >= 15 is 0 Å². The molecule has 0 aromatic rings. The van der Waals surface area contributed by atoms with Crippen LogP contribution in [-0.2, 0) is 0 Å². The Hall–Kier alpha value is 0.310. The highest BCUT2D eigenvalue weighted by atomic mass is 32.2. The number of hydrogen-bond acceptors (Lipinski definition) is 2. The number of hydrogen-bond donors (Lipinski definition) is 1. The third-order valence-corrected chi connectivity index (χ3v) is 4.13. The van der Waals surface area contributed by atoms with Crippen molar-refractivity contribution >= 4 is 11.8 Å². The van der Waals surface area contributed by atoms with E-state index < -0.39 is 0 Å². The minimum absolute atomic E-state index is 0.752. The number of thioether (sulfide) groups is 1. The van der Waals surface area contributed by atoms with Gasteiger partial charge in [0.15, 0.2) is 0 Å². The lowest BCUT2D eigenvalue weighted by atomic mass is 10.0. The lowest BCUT2D eigenvalue weighted by molar-refractivity contribution is 0.472. The summed E-state index contributed by atoms with van der Waals surface area (Å²) in [5.41, 5.74) is 0. The quantitative estimate of drug-likeness (QED) is 0.474. The van der Waals surface area contributed by atoms with Gasteiger partial charge in [-0.1, -0.05) is 58.3 Å². The fourth-order valence-corrected chi connectivity index (χ4v) is 2.74. The largest absolute Gasteiger partial charge is 0.317 e. The second kappa shape index (κ2) is 14.4. The summed E-state index contributed by atoms with van der Waals surface area (Å²) in [6, 6.07) is 0.752. The van der Waals surface area contributed by atoms with Gasteiger partial charge < -0.3 is 5.32 Å². The van der Waals surface area contributed by atoms with Crippen LogP contribution in [0.1, 0.15) is 71.1 Å². The lowest BCUT2D eigenvalue weighted by Crippen LogP contribution is -2.25. The molecule has 0 aliphatic heterocycles. The Balaban J connectivity index is 3.19. The summed E-state index contributed by atoms with van der Waals surface area (Å²) in [7, 11) is 2.11. The Kier molecular flexibility index (Phi) is 14.6. The predicted octanol–water partition coefficient (Wildman–Crippen LogP) is 4.86. The van der Waals surface area contributed by atoms with Gasteiger partial charge in [0.25, 0.3) is 0 Å². The molecular weight excluding hydrogens is 226 g/mol. The van der Waals surface area contributed by atoms with E-state index in [1.165, 1.54) is 70.0 Å². The van der Waals surface area contributed by atoms with Crippen LogP contribution in [0.2, 0.25) is 0 Å². The normalized spacial score (nSPS) is 12.9. The van der Waals surface area contributed by atoms with E-state index in [0.29, 0.717) is 0 Å². The van der Waals surface area contributed by atoms with E-state index in [2.05, 4.69) is 25.5 Å². The zero-order chi connectivity index (χ0) is 12.8. The fourth-order valence-electron chi connectivity index (χ4n) is 2.22. The highest BCUT2D eigenvalue weighted by Crippen LogP contribution is 2.12. The molecule has 2 heteroatoms. The van der Waals surface area contributed by atoms with Crippen molar-refractivity contribution in [3.8, 4) is 0 Å². The summed E-state index contributed by atoms with van der Waals surface area (Å²) in [5.74, 6) is 1.29. The molecule has 0 amide bonds. The summed E-state index contributed by atoms with van der Waals surface area (Å²) >= 11 is 1.96. The molecule has 0 rings (SSSR count). The smallest absolute Gasteiger partial charge is 0.00719 e. The van der Waals surface area contributed by atoms with Gasteiger partial charge in [0.2, 0.25) is 0 Å². The second-order valence-corrected chi connectivity index (χ2v) is 6.02. The van der Waals surface area contributed by atoms with Crippen molar-refractivity contribution in [3.63, 3.8) is 0 Å². The van der Waals surface area contributed by atoms with Crippen LogP contribution in [0.15, 0.2) is 0 Å². The lowest BCUT2D eigenvalue weighted by Gasteiger charge is -2.15. The summed E-state index contributed by atoms with van der Waals surface area (Å²) in [6.45, 7) is 2.28. The maximum atomic E-state index is 3.44. The van der Waals surface area contributed by atoms with Gasteiger partial charge in [0.1, 0.15) is 0 Å². The number of rotatable bonds is 13. The maximum Gasteiger partial charge on any atom is 0.00719 e. The summed E-state index contributed by atoms with van der Waals surface area (Å²) in [4.78, 5) is 0. The van der Waals surface area contributed by atoms with Gasteiger partial charge in [-0.15, -0.1) is 0 Å². The van der Waals surface area contributed by atoms with Crippen LogP contribution >= 0.6 is 11.8 Å². The molecule has 1 atom stereocenters. The van der Waals surface area contributed by atoms with E-state index in [-0.39, 0.29) is 0 Å². The van der Waals surface area contributed by atoms with Crippen molar-refractivity contribution in [1.82, 2.24) is 5.32 Å². The Morgan fingerprint density at radius 1 is 0.882 bits per heavy atom. The molecule has 0 bridgehead atoms. The van der Waals surface area contributed by atoms with Gasteiger partial charge in [-0.3, -0.25) is 0 Å². The molecule has 0 saturated heterocycles. The predicted molar refractivity (Wildman–Crippen MR) is 83.1 cm³/mol. The number of nitrogens with one attached hydrogen (secondary N) is 1. The van der Waals surface area contributed by atoms with Gasteiger partial charge >= 0.3 is 0 Å². The Labute approximate surface area is 114 Å². The maximum absolute atomic E-state index is 3.44. The first-order valence-electron chi connectivity index (χ1n) is 7.51. The van der Waals surface area contributed by atoms with Crippen LogP contribution in [0.4, 0.5) is 0 Å². The minimum Gasteiger partial charge on any atom is -0.317 e. The van der Waals surface area contributed by atoms with Crippen molar-refractivity contribution in [3.05, 3.63) is 0 Å². The van der Waals surface area contributed by atoms with Crippen molar-refractivity contribution in [2.24, 2.45) is 0 Å². The zero-order valence-electron chi connectivity index (χ0n) is 12.3. The van der Waals surface area contributed by atoms with Gasteiger partial charge in [0.05, 0.1) is 0 Å². The molecule has 0 radical (unpaired) electrons.